The second-order valence-electron chi connectivity index (χ2n) is 3.27. The van der Waals surface area contributed by atoms with Gasteiger partial charge in [-0.3, -0.25) is 0 Å². The summed E-state index contributed by atoms with van der Waals surface area (Å²) >= 11 is 3.15. The normalized spacial score (nSPS) is 12.9. The fraction of sp³-hybridized carbons (Fsp3) is 0.400. The Labute approximate surface area is 91.1 Å². The molecule has 0 amide bonds. The minimum Gasteiger partial charge on any atom is -0.396 e. The first-order chi connectivity index (χ1) is 6.56. The number of hydrogen-bond acceptors (Lipinski definition) is 2. The average Bonchev–Trinajstić information content (AvgIpc) is 2.11. The number of aliphatic hydroxyl groups is 1. The molecule has 0 bridgehead atoms. The Balaban J connectivity index is 3.07. The van der Waals surface area contributed by atoms with Crippen LogP contribution >= 0.6 is 15.9 Å². The first-order valence-corrected chi connectivity index (χ1v) is 5.17. The van der Waals surface area contributed by atoms with E-state index in [0.29, 0.717) is 16.5 Å². The third kappa shape index (κ3) is 2.53. The van der Waals surface area contributed by atoms with E-state index in [9.17, 15) is 4.39 Å². The monoisotopic (exact) mass is 261 g/mol. The molecule has 0 saturated heterocycles. The predicted molar refractivity (Wildman–Crippen MR) is 57.5 cm³/mol. The second-order valence-corrected chi connectivity index (χ2v) is 4.06. The van der Waals surface area contributed by atoms with Crippen molar-refractivity contribution < 1.29 is 9.50 Å². The summed E-state index contributed by atoms with van der Waals surface area (Å²) in [5, 5.41) is 8.74. The van der Waals surface area contributed by atoms with Gasteiger partial charge in [0.2, 0.25) is 0 Å². The van der Waals surface area contributed by atoms with Crippen LogP contribution < -0.4 is 5.73 Å². The second kappa shape index (κ2) is 4.87. The van der Waals surface area contributed by atoms with Crippen molar-refractivity contribution in [3.8, 4) is 0 Å². The molecule has 0 aliphatic carbocycles. The Morgan fingerprint density at radius 3 is 2.79 bits per heavy atom. The zero-order chi connectivity index (χ0) is 10.7. The summed E-state index contributed by atoms with van der Waals surface area (Å²) < 4.78 is 13.7. The topological polar surface area (TPSA) is 46.2 Å². The van der Waals surface area contributed by atoms with Crippen molar-refractivity contribution in [1.29, 1.82) is 0 Å². The third-order valence-electron chi connectivity index (χ3n) is 2.04. The molecule has 0 fully saturated rings. The van der Waals surface area contributed by atoms with Crippen LogP contribution in [0.5, 0.6) is 0 Å². The quantitative estimate of drug-likeness (QED) is 0.877. The minimum atomic E-state index is -0.330. The molecule has 0 aliphatic heterocycles. The molecule has 0 aliphatic rings. The first kappa shape index (κ1) is 11.6. The van der Waals surface area contributed by atoms with Crippen LogP contribution in [0.15, 0.2) is 16.6 Å². The van der Waals surface area contributed by atoms with E-state index >= 15 is 0 Å². The highest BCUT2D eigenvalue weighted by atomic mass is 79.9. The number of rotatable bonds is 3. The van der Waals surface area contributed by atoms with Crippen LogP contribution in [0.3, 0.4) is 0 Å². The zero-order valence-corrected chi connectivity index (χ0v) is 9.51. The van der Waals surface area contributed by atoms with Crippen LogP contribution in [0.25, 0.3) is 0 Å². The number of nitrogens with two attached hydrogens (primary N) is 1. The summed E-state index contributed by atoms with van der Waals surface area (Å²) in [6.07, 6.45) is 0.432. The molecular formula is C10H13BrFNO. The van der Waals surface area contributed by atoms with Crippen molar-refractivity contribution in [3.63, 3.8) is 0 Å². The Morgan fingerprint density at radius 2 is 2.21 bits per heavy atom. The predicted octanol–water partition coefficient (Wildman–Crippen LogP) is 2.28. The maximum Gasteiger partial charge on any atom is 0.137 e. The van der Waals surface area contributed by atoms with Crippen molar-refractivity contribution in [2.24, 2.45) is 5.73 Å². The van der Waals surface area contributed by atoms with Crippen LogP contribution in [-0.4, -0.2) is 11.7 Å². The molecule has 0 aromatic heterocycles. The van der Waals surface area contributed by atoms with E-state index in [1.807, 2.05) is 13.0 Å². The summed E-state index contributed by atoms with van der Waals surface area (Å²) in [5.41, 5.74) is 7.32. The van der Waals surface area contributed by atoms with E-state index in [2.05, 4.69) is 15.9 Å². The van der Waals surface area contributed by atoms with Gasteiger partial charge in [-0.05, 0) is 46.5 Å². The maximum absolute atomic E-state index is 13.3. The van der Waals surface area contributed by atoms with Crippen molar-refractivity contribution in [2.45, 2.75) is 19.4 Å². The first-order valence-electron chi connectivity index (χ1n) is 4.38. The Kier molecular flexibility index (Phi) is 4.04. The smallest absolute Gasteiger partial charge is 0.137 e. The maximum atomic E-state index is 13.3. The molecule has 78 valence electrons. The van der Waals surface area contributed by atoms with Gasteiger partial charge in [0.15, 0.2) is 0 Å². The molecule has 1 aromatic carbocycles. The lowest BCUT2D eigenvalue weighted by Gasteiger charge is -2.13. The van der Waals surface area contributed by atoms with E-state index in [-0.39, 0.29) is 18.5 Å². The molecule has 1 rings (SSSR count). The molecule has 4 heteroatoms. The largest absolute Gasteiger partial charge is 0.396 e. The van der Waals surface area contributed by atoms with Crippen molar-refractivity contribution in [2.75, 3.05) is 6.61 Å². The van der Waals surface area contributed by atoms with Gasteiger partial charge in [0.05, 0.1) is 4.47 Å². The van der Waals surface area contributed by atoms with Crippen LogP contribution in [0.4, 0.5) is 4.39 Å². The highest BCUT2D eigenvalue weighted by Gasteiger charge is 2.13. The fourth-order valence-electron chi connectivity index (χ4n) is 1.32. The molecule has 3 N–H and O–H groups in total. The number of benzene rings is 1. The van der Waals surface area contributed by atoms with Gasteiger partial charge in [-0.1, -0.05) is 6.07 Å². The summed E-state index contributed by atoms with van der Waals surface area (Å²) in [6.45, 7) is 1.81. The van der Waals surface area contributed by atoms with Gasteiger partial charge in [-0.15, -0.1) is 0 Å². The molecule has 0 spiro atoms. The van der Waals surface area contributed by atoms with Gasteiger partial charge in [0.25, 0.3) is 0 Å². The molecule has 1 aromatic rings. The summed E-state index contributed by atoms with van der Waals surface area (Å²) in [7, 11) is 0. The third-order valence-corrected chi connectivity index (χ3v) is 2.88. The van der Waals surface area contributed by atoms with Gasteiger partial charge in [-0.25, -0.2) is 4.39 Å². The van der Waals surface area contributed by atoms with Crippen LogP contribution in [0, 0.1) is 12.7 Å². The Morgan fingerprint density at radius 1 is 1.57 bits per heavy atom. The highest BCUT2D eigenvalue weighted by Crippen LogP contribution is 2.27. The van der Waals surface area contributed by atoms with Gasteiger partial charge in [0.1, 0.15) is 5.82 Å². The standard InChI is InChI=1S/C10H13BrFNO/c1-6-4-7(9(13)2-3-14)10(11)8(12)5-6/h4-5,9,14H,2-3,13H2,1H3. The van der Waals surface area contributed by atoms with Gasteiger partial charge in [0, 0.05) is 12.6 Å². The molecule has 0 radical (unpaired) electrons. The van der Waals surface area contributed by atoms with E-state index in [1.165, 1.54) is 6.07 Å². The summed E-state index contributed by atoms with van der Waals surface area (Å²) in [4.78, 5) is 0. The lowest BCUT2D eigenvalue weighted by Crippen LogP contribution is -2.13. The van der Waals surface area contributed by atoms with Crippen LogP contribution in [-0.2, 0) is 0 Å². The van der Waals surface area contributed by atoms with E-state index in [4.69, 9.17) is 10.8 Å². The van der Waals surface area contributed by atoms with Gasteiger partial charge >= 0.3 is 0 Å². The number of hydrogen-bond donors (Lipinski definition) is 2. The van der Waals surface area contributed by atoms with Crippen LogP contribution in [0.1, 0.15) is 23.6 Å². The van der Waals surface area contributed by atoms with E-state index in [0.717, 1.165) is 5.56 Å². The molecule has 14 heavy (non-hydrogen) atoms. The minimum absolute atomic E-state index is 0.00314. The van der Waals surface area contributed by atoms with Gasteiger partial charge < -0.3 is 10.8 Å². The Hall–Kier alpha value is -0.450. The molecular weight excluding hydrogens is 249 g/mol. The van der Waals surface area contributed by atoms with Crippen molar-refractivity contribution in [1.82, 2.24) is 0 Å². The number of halogens is 2. The SMILES string of the molecule is Cc1cc(F)c(Br)c(C(N)CCO)c1. The van der Waals surface area contributed by atoms with Crippen molar-refractivity contribution >= 4 is 15.9 Å². The fourth-order valence-corrected chi connectivity index (χ4v) is 1.84. The molecule has 1 unspecified atom stereocenters. The average molecular weight is 262 g/mol. The summed E-state index contributed by atoms with van der Waals surface area (Å²) in [5.74, 6) is -0.312. The lowest BCUT2D eigenvalue weighted by molar-refractivity contribution is 0.276. The van der Waals surface area contributed by atoms with Gasteiger partial charge in [-0.2, -0.15) is 0 Å². The molecule has 0 heterocycles. The lowest BCUT2D eigenvalue weighted by atomic mass is 10.0. The summed E-state index contributed by atoms with van der Waals surface area (Å²) in [6, 6.07) is 2.94. The number of aliphatic hydroxyl groups excluding tert-OH is 1. The van der Waals surface area contributed by atoms with Crippen molar-refractivity contribution in [3.05, 3.63) is 33.5 Å². The number of aryl methyl sites for hydroxylation is 1. The molecule has 1 atom stereocenters. The zero-order valence-electron chi connectivity index (χ0n) is 7.93. The Bertz CT molecular complexity index is 330. The van der Waals surface area contributed by atoms with E-state index < -0.39 is 0 Å². The highest BCUT2D eigenvalue weighted by molar-refractivity contribution is 9.10. The van der Waals surface area contributed by atoms with Crippen LogP contribution in [0.2, 0.25) is 0 Å². The molecule has 0 saturated carbocycles. The molecule has 2 nitrogen and oxygen atoms in total. The van der Waals surface area contributed by atoms with E-state index in [1.54, 1.807) is 0 Å².